The number of carbonyl (C=O) groups is 2. The molecule has 0 aromatic rings. The van der Waals surface area contributed by atoms with Crippen molar-refractivity contribution in [2.45, 2.75) is 20.3 Å². The zero-order valence-electron chi connectivity index (χ0n) is 7.19. The molecule has 0 heterocycles. The van der Waals surface area contributed by atoms with Crippen LogP contribution in [0.1, 0.15) is 20.3 Å². The van der Waals surface area contributed by atoms with Crippen LogP contribution in [0.15, 0.2) is 0 Å². The van der Waals surface area contributed by atoms with E-state index in [9.17, 15) is 9.59 Å². The predicted molar refractivity (Wildman–Crippen MR) is 46.5 cm³/mol. The van der Waals surface area contributed by atoms with E-state index in [4.69, 9.17) is 11.6 Å². The molecule has 0 aliphatic rings. The second-order valence-electron chi connectivity index (χ2n) is 2.83. The molecule has 2 amide bonds. The fourth-order valence-corrected chi connectivity index (χ4v) is 0.661. The molecule has 0 unspecified atom stereocenters. The first-order chi connectivity index (χ1) is 5.56. The molecular weight excluding hydrogens is 180 g/mol. The fraction of sp³-hybridized carbons (Fsp3) is 0.714. The minimum Gasteiger partial charge on any atom is -0.273 e. The van der Waals surface area contributed by atoms with Crippen molar-refractivity contribution in [2.75, 3.05) is 5.88 Å². The highest BCUT2D eigenvalue weighted by molar-refractivity contribution is 6.27. The summed E-state index contributed by atoms with van der Waals surface area (Å²) in [5.41, 5.74) is 4.41. The van der Waals surface area contributed by atoms with Crippen molar-refractivity contribution in [3.63, 3.8) is 0 Å². The Hall–Kier alpha value is -0.770. The third kappa shape index (κ3) is 5.97. The van der Waals surface area contributed by atoms with Crippen LogP contribution in [0.3, 0.4) is 0 Å². The van der Waals surface area contributed by atoms with Gasteiger partial charge in [0.1, 0.15) is 5.88 Å². The van der Waals surface area contributed by atoms with Gasteiger partial charge >= 0.3 is 0 Å². The summed E-state index contributed by atoms with van der Waals surface area (Å²) in [5, 5.41) is 0. The van der Waals surface area contributed by atoms with E-state index < -0.39 is 5.91 Å². The second kappa shape index (κ2) is 5.83. The highest BCUT2D eigenvalue weighted by Gasteiger charge is 2.04. The Morgan fingerprint density at radius 3 is 2.17 bits per heavy atom. The summed E-state index contributed by atoms with van der Waals surface area (Å²) < 4.78 is 0. The summed E-state index contributed by atoms with van der Waals surface area (Å²) in [6, 6.07) is 0. The fourth-order valence-electron chi connectivity index (χ4n) is 0.595. The van der Waals surface area contributed by atoms with Gasteiger partial charge in [0, 0.05) is 6.42 Å². The summed E-state index contributed by atoms with van der Waals surface area (Å²) in [7, 11) is 0. The summed E-state index contributed by atoms with van der Waals surface area (Å²) >= 11 is 5.18. The number of halogens is 1. The Morgan fingerprint density at radius 1 is 1.25 bits per heavy atom. The normalized spacial score (nSPS) is 9.67. The molecule has 0 aliphatic heterocycles. The quantitative estimate of drug-likeness (QED) is 0.503. The predicted octanol–water partition coefficient (Wildman–Crippen LogP) is 0.419. The van der Waals surface area contributed by atoms with E-state index in [0.29, 0.717) is 6.42 Å². The smallest absolute Gasteiger partial charge is 0.253 e. The Labute approximate surface area is 76.6 Å². The Balaban J connectivity index is 3.51. The average Bonchev–Trinajstić information content (AvgIpc) is 1.99. The number of rotatable bonds is 3. The van der Waals surface area contributed by atoms with Gasteiger partial charge in [-0.25, -0.2) is 0 Å². The van der Waals surface area contributed by atoms with Crippen LogP contribution >= 0.6 is 11.6 Å². The van der Waals surface area contributed by atoms with Crippen LogP contribution in [0.4, 0.5) is 0 Å². The molecule has 12 heavy (non-hydrogen) atoms. The number of nitrogens with one attached hydrogen (secondary N) is 2. The van der Waals surface area contributed by atoms with Crippen LogP contribution in [0, 0.1) is 5.92 Å². The monoisotopic (exact) mass is 192 g/mol. The molecular formula is C7H13ClN2O2. The Kier molecular flexibility index (Phi) is 5.45. The maximum atomic E-state index is 10.9. The minimum atomic E-state index is -0.409. The highest BCUT2D eigenvalue weighted by Crippen LogP contribution is 1.96. The third-order valence-electron chi connectivity index (χ3n) is 1.06. The number of alkyl halides is 1. The topological polar surface area (TPSA) is 58.2 Å². The van der Waals surface area contributed by atoms with Gasteiger partial charge in [0.05, 0.1) is 0 Å². The minimum absolute atomic E-state index is 0.151. The lowest BCUT2D eigenvalue weighted by molar-refractivity contribution is -0.128. The average molecular weight is 193 g/mol. The molecule has 0 aliphatic carbocycles. The molecule has 0 bridgehead atoms. The largest absolute Gasteiger partial charge is 0.273 e. The van der Waals surface area contributed by atoms with E-state index >= 15 is 0 Å². The van der Waals surface area contributed by atoms with Crippen LogP contribution in [-0.2, 0) is 9.59 Å². The van der Waals surface area contributed by atoms with Gasteiger partial charge in [0.25, 0.3) is 5.91 Å². The molecule has 0 radical (unpaired) electrons. The van der Waals surface area contributed by atoms with E-state index in [1.54, 1.807) is 0 Å². The molecule has 0 spiro atoms. The molecule has 70 valence electrons. The van der Waals surface area contributed by atoms with Gasteiger partial charge in [0.15, 0.2) is 0 Å². The van der Waals surface area contributed by atoms with Crippen molar-refractivity contribution in [2.24, 2.45) is 5.92 Å². The van der Waals surface area contributed by atoms with Gasteiger partial charge in [-0.3, -0.25) is 20.4 Å². The van der Waals surface area contributed by atoms with Crippen molar-refractivity contribution in [1.82, 2.24) is 10.9 Å². The summed E-state index contributed by atoms with van der Waals surface area (Å²) in [6.07, 6.45) is 0.391. The number of hydrogen-bond donors (Lipinski definition) is 2. The van der Waals surface area contributed by atoms with Crippen molar-refractivity contribution in [1.29, 1.82) is 0 Å². The maximum Gasteiger partial charge on any atom is 0.253 e. The molecule has 0 saturated heterocycles. The molecule has 0 aromatic carbocycles. The van der Waals surface area contributed by atoms with Gasteiger partial charge in [-0.1, -0.05) is 13.8 Å². The van der Waals surface area contributed by atoms with Crippen LogP contribution in [0.5, 0.6) is 0 Å². The standard InChI is InChI=1S/C7H13ClN2O2/c1-5(2)3-6(11)9-10-7(12)4-8/h5H,3-4H2,1-2H3,(H,9,11)(H,10,12). The molecule has 4 nitrogen and oxygen atoms in total. The van der Waals surface area contributed by atoms with Crippen molar-refractivity contribution < 1.29 is 9.59 Å². The lowest BCUT2D eigenvalue weighted by Gasteiger charge is -2.06. The van der Waals surface area contributed by atoms with E-state index in [2.05, 4.69) is 10.9 Å². The van der Waals surface area contributed by atoms with Crippen LogP contribution in [0.25, 0.3) is 0 Å². The lowest BCUT2D eigenvalue weighted by Crippen LogP contribution is -2.42. The van der Waals surface area contributed by atoms with Crippen LogP contribution in [-0.4, -0.2) is 17.7 Å². The van der Waals surface area contributed by atoms with E-state index in [1.165, 1.54) is 0 Å². The van der Waals surface area contributed by atoms with E-state index in [-0.39, 0.29) is 17.7 Å². The van der Waals surface area contributed by atoms with Crippen LogP contribution in [0.2, 0.25) is 0 Å². The van der Waals surface area contributed by atoms with Crippen molar-refractivity contribution in [3.8, 4) is 0 Å². The third-order valence-corrected chi connectivity index (χ3v) is 1.30. The van der Waals surface area contributed by atoms with E-state index in [0.717, 1.165) is 0 Å². The highest BCUT2D eigenvalue weighted by atomic mass is 35.5. The first-order valence-corrected chi connectivity index (χ1v) is 4.23. The number of carbonyl (C=O) groups excluding carboxylic acids is 2. The first kappa shape index (κ1) is 11.2. The van der Waals surface area contributed by atoms with Crippen LogP contribution < -0.4 is 10.9 Å². The zero-order chi connectivity index (χ0) is 9.56. The molecule has 0 fully saturated rings. The zero-order valence-corrected chi connectivity index (χ0v) is 7.94. The number of hydrogen-bond acceptors (Lipinski definition) is 2. The Morgan fingerprint density at radius 2 is 1.75 bits per heavy atom. The molecule has 5 heteroatoms. The first-order valence-electron chi connectivity index (χ1n) is 3.70. The Bertz CT molecular complexity index is 171. The summed E-state index contributed by atoms with van der Waals surface area (Å²) in [4.78, 5) is 21.4. The molecule has 0 atom stereocenters. The maximum absolute atomic E-state index is 10.9. The van der Waals surface area contributed by atoms with Gasteiger partial charge in [-0.05, 0) is 5.92 Å². The van der Waals surface area contributed by atoms with Gasteiger partial charge < -0.3 is 0 Å². The van der Waals surface area contributed by atoms with E-state index in [1.807, 2.05) is 13.8 Å². The summed E-state index contributed by atoms with van der Waals surface area (Å²) in [6.45, 7) is 3.84. The molecule has 0 saturated carbocycles. The van der Waals surface area contributed by atoms with Gasteiger partial charge in [-0.2, -0.15) is 0 Å². The SMILES string of the molecule is CC(C)CC(=O)NNC(=O)CCl. The number of hydrazine groups is 1. The molecule has 2 N–H and O–H groups in total. The summed E-state index contributed by atoms with van der Waals surface area (Å²) in [5.74, 6) is -0.489. The van der Waals surface area contributed by atoms with Gasteiger partial charge in [-0.15, -0.1) is 11.6 Å². The second-order valence-corrected chi connectivity index (χ2v) is 3.10. The van der Waals surface area contributed by atoms with Crippen molar-refractivity contribution in [3.05, 3.63) is 0 Å². The van der Waals surface area contributed by atoms with Gasteiger partial charge in [0.2, 0.25) is 5.91 Å². The molecule has 0 aromatic heterocycles. The lowest BCUT2D eigenvalue weighted by atomic mass is 10.1. The number of amides is 2. The molecule has 0 rings (SSSR count). The van der Waals surface area contributed by atoms with Crippen molar-refractivity contribution >= 4 is 23.4 Å².